The molecule has 7 heteroatoms. The molecular formula is C13H15N3O3S. The summed E-state index contributed by atoms with van der Waals surface area (Å²) in [5, 5.41) is 14.2. The van der Waals surface area contributed by atoms with E-state index in [2.05, 4.69) is 10.3 Å². The summed E-state index contributed by atoms with van der Waals surface area (Å²) >= 11 is 1.53. The van der Waals surface area contributed by atoms with Gasteiger partial charge in [-0.2, -0.15) is 0 Å². The molecule has 0 bridgehead atoms. The third-order valence-electron chi connectivity index (χ3n) is 2.76. The Morgan fingerprint density at radius 3 is 2.90 bits per heavy atom. The van der Waals surface area contributed by atoms with Crippen molar-refractivity contribution in [3.63, 3.8) is 0 Å². The van der Waals surface area contributed by atoms with Crippen molar-refractivity contribution >= 4 is 22.7 Å². The summed E-state index contributed by atoms with van der Waals surface area (Å²) in [4.78, 5) is 15.9. The zero-order valence-corrected chi connectivity index (χ0v) is 12.1. The van der Waals surface area contributed by atoms with E-state index in [-0.39, 0.29) is 5.69 Å². The Bertz CT molecular complexity index is 613. The lowest BCUT2D eigenvalue weighted by Gasteiger charge is -2.08. The molecule has 2 rings (SSSR count). The van der Waals surface area contributed by atoms with E-state index >= 15 is 0 Å². The highest BCUT2D eigenvalue weighted by Gasteiger charge is 2.15. The van der Waals surface area contributed by atoms with Crippen molar-refractivity contribution in [2.24, 2.45) is 0 Å². The first-order chi connectivity index (χ1) is 9.61. The van der Waals surface area contributed by atoms with Gasteiger partial charge < -0.3 is 10.1 Å². The van der Waals surface area contributed by atoms with Gasteiger partial charge in [-0.15, -0.1) is 11.3 Å². The van der Waals surface area contributed by atoms with Gasteiger partial charge in [0.2, 0.25) is 0 Å². The number of ether oxygens (including phenoxy) is 1. The summed E-state index contributed by atoms with van der Waals surface area (Å²) in [7, 11) is 0. The molecule has 0 saturated heterocycles. The molecular weight excluding hydrogens is 278 g/mol. The van der Waals surface area contributed by atoms with E-state index < -0.39 is 4.92 Å². The topological polar surface area (TPSA) is 77.3 Å². The maximum absolute atomic E-state index is 11.1. The molecule has 0 spiro atoms. The van der Waals surface area contributed by atoms with Gasteiger partial charge in [0.1, 0.15) is 11.4 Å². The molecule has 6 nitrogen and oxygen atoms in total. The van der Waals surface area contributed by atoms with Gasteiger partial charge >= 0.3 is 0 Å². The third-order valence-corrected chi connectivity index (χ3v) is 3.70. The quantitative estimate of drug-likeness (QED) is 0.652. The number of hydrogen-bond acceptors (Lipinski definition) is 6. The number of rotatable bonds is 6. The van der Waals surface area contributed by atoms with Crippen molar-refractivity contribution in [2.75, 3.05) is 11.9 Å². The molecule has 0 amide bonds. The van der Waals surface area contributed by atoms with Gasteiger partial charge in [0.15, 0.2) is 0 Å². The largest absolute Gasteiger partial charge is 0.494 e. The molecule has 1 N–H and O–H groups in total. The number of nitrogens with one attached hydrogen (secondary N) is 1. The SMILES string of the molecule is CCOc1ccc(NCc2scnc2C)c([N+](=O)[O-])c1. The fourth-order valence-electron chi connectivity index (χ4n) is 1.74. The Labute approximate surface area is 120 Å². The molecule has 106 valence electrons. The number of benzene rings is 1. The zero-order valence-electron chi connectivity index (χ0n) is 11.3. The minimum absolute atomic E-state index is 0.0121. The molecule has 0 saturated carbocycles. The van der Waals surface area contributed by atoms with Crippen LogP contribution in [0.15, 0.2) is 23.7 Å². The third kappa shape index (κ3) is 3.24. The summed E-state index contributed by atoms with van der Waals surface area (Å²) in [6.45, 7) is 4.75. The monoisotopic (exact) mass is 293 g/mol. The number of thiazole rings is 1. The second-order valence-electron chi connectivity index (χ2n) is 4.08. The number of anilines is 1. The number of nitro benzene ring substituents is 1. The van der Waals surface area contributed by atoms with E-state index in [4.69, 9.17) is 4.74 Å². The van der Waals surface area contributed by atoms with Crippen molar-refractivity contribution in [2.45, 2.75) is 20.4 Å². The first-order valence-electron chi connectivity index (χ1n) is 6.16. The lowest BCUT2D eigenvalue weighted by Crippen LogP contribution is -2.03. The first-order valence-corrected chi connectivity index (χ1v) is 7.04. The molecule has 20 heavy (non-hydrogen) atoms. The molecule has 0 fully saturated rings. The van der Waals surface area contributed by atoms with Crippen molar-refractivity contribution in [1.82, 2.24) is 4.98 Å². The van der Waals surface area contributed by atoms with Crippen molar-refractivity contribution in [1.29, 1.82) is 0 Å². The van der Waals surface area contributed by atoms with E-state index in [1.807, 2.05) is 13.8 Å². The van der Waals surface area contributed by atoms with Crippen LogP contribution in [0.25, 0.3) is 0 Å². The Hall–Kier alpha value is -2.15. The van der Waals surface area contributed by atoms with Gasteiger partial charge in [-0.1, -0.05) is 0 Å². The van der Waals surface area contributed by atoms with Crippen LogP contribution in [-0.2, 0) is 6.54 Å². The van der Waals surface area contributed by atoms with Crippen LogP contribution >= 0.6 is 11.3 Å². The molecule has 2 aromatic rings. The van der Waals surface area contributed by atoms with Gasteiger partial charge in [0, 0.05) is 4.88 Å². The maximum atomic E-state index is 11.1. The van der Waals surface area contributed by atoms with Crippen molar-refractivity contribution in [3.05, 3.63) is 44.4 Å². The summed E-state index contributed by atoms with van der Waals surface area (Å²) in [6.07, 6.45) is 0. The molecule has 1 aromatic heterocycles. The summed E-state index contributed by atoms with van der Waals surface area (Å²) < 4.78 is 5.28. The second kappa shape index (κ2) is 6.33. The molecule has 1 aromatic carbocycles. The summed E-state index contributed by atoms with van der Waals surface area (Å²) in [6, 6.07) is 4.82. The van der Waals surface area contributed by atoms with Crippen molar-refractivity contribution < 1.29 is 9.66 Å². The number of aryl methyl sites for hydroxylation is 1. The van der Waals surface area contributed by atoms with Crippen LogP contribution in [0, 0.1) is 17.0 Å². The van der Waals surface area contributed by atoms with E-state index in [1.165, 1.54) is 17.4 Å². The van der Waals surface area contributed by atoms with Crippen LogP contribution in [0.1, 0.15) is 17.5 Å². The highest BCUT2D eigenvalue weighted by atomic mass is 32.1. The van der Waals surface area contributed by atoms with Crippen LogP contribution in [0.2, 0.25) is 0 Å². The fraction of sp³-hybridized carbons (Fsp3) is 0.308. The van der Waals surface area contributed by atoms with E-state index in [0.717, 1.165) is 10.6 Å². The number of nitrogens with zero attached hydrogens (tertiary/aromatic N) is 2. The van der Waals surface area contributed by atoms with E-state index in [9.17, 15) is 10.1 Å². The van der Waals surface area contributed by atoms with Crippen LogP contribution in [-0.4, -0.2) is 16.5 Å². The van der Waals surface area contributed by atoms with Gasteiger partial charge in [-0.05, 0) is 26.0 Å². The predicted molar refractivity (Wildman–Crippen MR) is 78.4 cm³/mol. The number of aromatic nitrogens is 1. The predicted octanol–water partition coefficient (Wildman–Crippen LogP) is 3.37. The lowest BCUT2D eigenvalue weighted by molar-refractivity contribution is -0.384. The van der Waals surface area contributed by atoms with Crippen LogP contribution < -0.4 is 10.1 Å². The second-order valence-corrected chi connectivity index (χ2v) is 5.02. The summed E-state index contributed by atoms with van der Waals surface area (Å²) in [5.74, 6) is 0.499. The minimum atomic E-state index is -0.412. The molecule has 0 aliphatic rings. The standard InChI is InChI=1S/C13H15N3O3S/c1-3-19-10-4-5-11(12(6-10)16(17)18)14-7-13-9(2)15-8-20-13/h4-6,8,14H,3,7H2,1-2H3. The molecule has 0 atom stereocenters. The minimum Gasteiger partial charge on any atom is -0.494 e. The number of hydrogen-bond donors (Lipinski definition) is 1. The van der Waals surface area contributed by atoms with Gasteiger partial charge in [-0.25, -0.2) is 4.98 Å². The zero-order chi connectivity index (χ0) is 14.5. The smallest absolute Gasteiger partial charge is 0.296 e. The Morgan fingerprint density at radius 1 is 1.50 bits per heavy atom. The molecule has 0 unspecified atom stereocenters. The highest BCUT2D eigenvalue weighted by molar-refractivity contribution is 7.09. The first kappa shape index (κ1) is 14.3. The average molecular weight is 293 g/mol. The lowest BCUT2D eigenvalue weighted by atomic mass is 10.2. The van der Waals surface area contributed by atoms with Crippen LogP contribution in [0.3, 0.4) is 0 Å². The Kier molecular flexibility index (Phi) is 4.52. The van der Waals surface area contributed by atoms with Gasteiger partial charge in [0.25, 0.3) is 5.69 Å². The summed E-state index contributed by atoms with van der Waals surface area (Å²) in [5.41, 5.74) is 3.19. The normalized spacial score (nSPS) is 10.3. The van der Waals surface area contributed by atoms with E-state index in [0.29, 0.717) is 24.6 Å². The average Bonchev–Trinajstić information content (AvgIpc) is 2.83. The fourth-order valence-corrected chi connectivity index (χ4v) is 2.46. The highest BCUT2D eigenvalue weighted by Crippen LogP contribution is 2.29. The van der Waals surface area contributed by atoms with Crippen LogP contribution in [0.4, 0.5) is 11.4 Å². The Morgan fingerprint density at radius 2 is 2.30 bits per heavy atom. The molecule has 0 aliphatic carbocycles. The molecule has 1 heterocycles. The van der Waals surface area contributed by atoms with Gasteiger partial charge in [0.05, 0.1) is 35.3 Å². The van der Waals surface area contributed by atoms with Gasteiger partial charge in [-0.3, -0.25) is 10.1 Å². The Balaban J connectivity index is 2.18. The molecule has 0 aliphatic heterocycles. The maximum Gasteiger partial charge on any atom is 0.296 e. The number of nitro groups is 1. The van der Waals surface area contributed by atoms with Crippen molar-refractivity contribution in [3.8, 4) is 5.75 Å². The molecule has 0 radical (unpaired) electrons. The van der Waals surface area contributed by atoms with Crippen LogP contribution in [0.5, 0.6) is 5.75 Å². The van der Waals surface area contributed by atoms with E-state index in [1.54, 1.807) is 17.6 Å².